The number of amides is 1. The summed E-state index contributed by atoms with van der Waals surface area (Å²) >= 11 is 0. The van der Waals surface area contributed by atoms with Crippen molar-refractivity contribution >= 4 is 11.6 Å². The van der Waals surface area contributed by atoms with Gasteiger partial charge in [0.25, 0.3) is 0 Å². The third-order valence-electron chi connectivity index (χ3n) is 3.76. The zero-order valence-electron chi connectivity index (χ0n) is 9.93. The fourth-order valence-electron chi connectivity index (χ4n) is 2.71. The summed E-state index contributed by atoms with van der Waals surface area (Å²) in [5.41, 5.74) is 7.79. The number of likely N-dealkylation sites (tertiary alicyclic amines) is 1. The highest BCUT2D eigenvalue weighted by molar-refractivity contribution is 5.81. The molecule has 0 radical (unpaired) electrons. The average Bonchev–Trinajstić information content (AvgIpc) is 3.05. The summed E-state index contributed by atoms with van der Waals surface area (Å²) in [7, 11) is 0. The van der Waals surface area contributed by atoms with Gasteiger partial charge in [0.15, 0.2) is 0 Å². The molecule has 90 valence electrons. The normalized spacial score (nSPS) is 24.0. The van der Waals surface area contributed by atoms with Crippen LogP contribution in [0.15, 0.2) is 24.3 Å². The van der Waals surface area contributed by atoms with E-state index in [1.807, 2.05) is 18.2 Å². The molecular formula is C14H18N2O. The number of nitrogens with zero attached hydrogens (tertiary/aromatic N) is 1. The van der Waals surface area contributed by atoms with E-state index in [1.165, 1.54) is 5.56 Å². The molecule has 1 aromatic rings. The molecule has 3 rings (SSSR count). The first-order chi connectivity index (χ1) is 8.25. The Labute approximate surface area is 102 Å². The van der Waals surface area contributed by atoms with E-state index >= 15 is 0 Å². The SMILES string of the molecule is Nc1cccc(C2CCCN2C(=O)C2CC2)c1. The van der Waals surface area contributed by atoms with Crippen LogP contribution in [0.4, 0.5) is 5.69 Å². The quantitative estimate of drug-likeness (QED) is 0.793. The fourth-order valence-corrected chi connectivity index (χ4v) is 2.71. The minimum Gasteiger partial charge on any atom is -0.399 e. The van der Waals surface area contributed by atoms with Gasteiger partial charge in [0.1, 0.15) is 0 Å². The third-order valence-corrected chi connectivity index (χ3v) is 3.76. The Hall–Kier alpha value is -1.51. The number of hydrogen-bond donors (Lipinski definition) is 1. The highest BCUT2D eigenvalue weighted by atomic mass is 16.2. The van der Waals surface area contributed by atoms with Crippen LogP contribution < -0.4 is 5.73 Å². The second-order valence-corrected chi connectivity index (χ2v) is 5.13. The van der Waals surface area contributed by atoms with Crippen LogP contribution in [0.5, 0.6) is 0 Å². The number of nitrogen functional groups attached to an aromatic ring is 1. The Balaban J connectivity index is 1.83. The predicted octanol–water partition coefficient (Wildman–Crippen LogP) is 2.34. The highest BCUT2D eigenvalue weighted by Gasteiger charge is 2.38. The van der Waals surface area contributed by atoms with Crippen LogP contribution in [0, 0.1) is 5.92 Å². The summed E-state index contributed by atoms with van der Waals surface area (Å²) in [5, 5.41) is 0. The van der Waals surface area contributed by atoms with Crippen molar-refractivity contribution in [2.45, 2.75) is 31.7 Å². The third kappa shape index (κ3) is 2.02. The van der Waals surface area contributed by atoms with Gasteiger partial charge in [0.2, 0.25) is 5.91 Å². The number of nitrogens with two attached hydrogens (primary N) is 1. The van der Waals surface area contributed by atoms with E-state index < -0.39 is 0 Å². The number of carbonyl (C=O) groups excluding carboxylic acids is 1. The summed E-state index contributed by atoms with van der Waals surface area (Å²) in [4.78, 5) is 14.2. The van der Waals surface area contributed by atoms with Gasteiger partial charge < -0.3 is 10.6 Å². The first-order valence-corrected chi connectivity index (χ1v) is 6.41. The van der Waals surface area contributed by atoms with E-state index in [4.69, 9.17) is 5.73 Å². The molecule has 2 fully saturated rings. The van der Waals surface area contributed by atoms with Crippen LogP contribution in [0.3, 0.4) is 0 Å². The monoisotopic (exact) mass is 230 g/mol. The highest BCUT2D eigenvalue weighted by Crippen LogP contribution is 2.38. The van der Waals surface area contributed by atoms with Gasteiger partial charge in [0, 0.05) is 18.2 Å². The first kappa shape index (κ1) is 10.6. The van der Waals surface area contributed by atoms with Gasteiger partial charge in [-0.3, -0.25) is 4.79 Å². The minimum absolute atomic E-state index is 0.256. The van der Waals surface area contributed by atoms with Gasteiger partial charge in [-0.15, -0.1) is 0 Å². The molecule has 1 aliphatic heterocycles. The maximum atomic E-state index is 12.2. The largest absolute Gasteiger partial charge is 0.399 e. The number of carbonyl (C=O) groups is 1. The molecule has 2 N–H and O–H groups in total. The number of rotatable bonds is 2. The van der Waals surface area contributed by atoms with E-state index in [0.717, 1.165) is 37.9 Å². The molecule has 1 atom stereocenters. The van der Waals surface area contributed by atoms with Crippen molar-refractivity contribution in [2.24, 2.45) is 5.92 Å². The average molecular weight is 230 g/mol. The molecule has 0 spiro atoms. The topological polar surface area (TPSA) is 46.3 Å². The molecule has 1 aliphatic carbocycles. The summed E-state index contributed by atoms with van der Waals surface area (Å²) in [6, 6.07) is 8.21. The van der Waals surface area contributed by atoms with Crippen molar-refractivity contribution in [3.05, 3.63) is 29.8 Å². The van der Waals surface area contributed by atoms with Crippen LogP contribution >= 0.6 is 0 Å². The fraction of sp³-hybridized carbons (Fsp3) is 0.500. The van der Waals surface area contributed by atoms with E-state index in [1.54, 1.807) is 0 Å². The molecule has 1 heterocycles. The van der Waals surface area contributed by atoms with E-state index in [0.29, 0.717) is 11.8 Å². The summed E-state index contributed by atoms with van der Waals surface area (Å²) in [5.74, 6) is 0.673. The Kier molecular flexibility index (Phi) is 2.54. The van der Waals surface area contributed by atoms with Crippen molar-refractivity contribution in [3.8, 4) is 0 Å². The molecule has 0 aromatic heterocycles. The van der Waals surface area contributed by atoms with Gasteiger partial charge in [-0.25, -0.2) is 0 Å². The lowest BCUT2D eigenvalue weighted by molar-refractivity contribution is -0.133. The molecule has 1 saturated carbocycles. The molecular weight excluding hydrogens is 212 g/mol. The zero-order valence-corrected chi connectivity index (χ0v) is 9.93. The second kappa shape index (κ2) is 4.06. The Morgan fingerprint density at radius 3 is 2.82 bits per heavy atom. The van der Waals surface area contributed by atoms with Crippen LogP contribution in [0.25, 0.3) is 0 Å². The van der Waals surface area contributed by atoms with E-state index in [-0.39, 0.29) is 6.04 Å². The van der Waals surface area contributed by atoms with E-state index in [2.05, 4.69) is 11.0 Å². The van der Waals surface area contributed by atoms with Crippen molar-refractivity contribution in [3.63, 3.8) is 0 Å². The molecule has 1 amide bonds. The second-order valence-electron chi connectivity index (χ2n) is 5.13. The van der Waals surface area contributed by atoms with Gasteiger partial charge in [-0.05, 0) is 43.4 Å². The predicted molar refractivity (Wildman–Crippen MR) is 67.3 cm³/mol. The molecule has 1 unspecified atom stereocenters. The molecule has 17 heavy (non-hydrogen) atoms. The Morgan fingerprint density at radius 1 is 1.29 bits per heavy atom. The summed E-state index contributed by atoms with van der Waals surface area (Å²) < 4.78 is 0. The summed E-state index contributed by atoms with van der Waals surface area (Å²) in [6.45, 7) is 0.912. The molecule has 1 aromatic carbocycles. The lowest BCUT2D eigenvalue weighted by atomic mass is 10.0. The first-order valence-electron chi connectivity index (χ1n) is 6.41. The van der Waals surface area contributed by atoms with Crippen LogP contribution in [-0.4, -0.2) is 17.4 Å². The van der Waals surface area contributed by atoms with Crippen molar-refractivity contribution < 1.29 is 4.79 Å². The number of anilines is 1. The van der Waals surface area contributed by atoms with Crippen LogP contribution in [-0.2, 0) is 4.79 Å². The van der Waals surface area contributed by atoms with Gasteiger partial charge in [-0.2, -0.15) is 0 Å². The van der Waals surface area contributed by atoms with Gasteiger partial charge in [-0.1, -0.05) is 12.1 Å². The van der Waals surface area contributed by atoms with Crippen molar-refractivity contribution in [1.82, 2.24) is 4.90 Å². The molecule has 2 aliphatic rings. The van der Waals surface area contributed by atoms with E-state index in [9.17, 15) is 4.79 Å². The standard InChI is InChI=1S/C14H18N2O/c15-12-4-1-3-11(9-12)13-5-2-8-16(13)14(17)10-6-7-10/h1,3-4,9-10,13H,2,5-8,15H2. The van der Waals surface area contributed by atoms with Gasteiger partial charge >= 0.3 is 0 Å². The lowest BCUT2D eigenvalue weighted by Gasteiger charge is -2.25. The van der Waals surface area contributed by atoms with Crippen molar-refractivity contribution in [2.75, 3.05) is 12.3 Å². The zero-order chi connectivity index (χ0) is 11.8. The van der Waals surface area contributed by atoms with Crippen LogP contribution in [0.1, 0.15) is 37.3 Å². The van der Waals surface area contributed by atoms with Gasteiger partial charge in [0.05, 0.1) is 6.04 Å². The number of benzene rings is 1. The number of hydrogen-bond acceptors (Lipinski definition) is 2. The van der Waals surface area contributed by atoms with Crippen LogP contribution in [0.2, 0.25) is 0 Å². The summed E-state index contributed by atoms with van der Waals surface area (Å²) in [6.07, 6.45) is 4.35. The molecule has 0 bridgehead atoms. The smallest absolute Gasteiger partial charge is 0.226 e. The lowest BCUT2D eigenvalue weighted by Crippen LogP contribution is -2.31. The molecule has 3 heteroatoms. The molecule has 1 saturated heterocycles. The maximum absolute atomic E-state index is 12.2. The van der Waals surface area contributed by atoms with Crippen molar-refractivity contribution in [1.29, 1.82) is 0 Å². The Bertz CT molecular complexity index is 440. The molecule has 3 nitrogen and oxygen atoms in total. The minimum atomic E-state index is 0.256. The Morgan fingerprint density at radius 2 is 2.12 bits per heavy atom. The maximum Gasteiger partial charge on any atom is 0.226 e.